The molecule has 1 aliphatic heterocycles. The Kier molecular flexibility index (Phi) is 6.68. The number of benzene rings is 1. The van der Waals surface area contributed by atoms with Crippen molar-refractivity contribution in [2.24, 2.45) is 5.92 Å². The quantitative estimate of drug-likeness (QED) is 0.838. The van der Waals surface area contributed by atoms with Crippen LogP contribution in [0.1, 0.15) is 25.7 Å². The van der Waals surface area contributed by atoms with Gasteiger partial charge in [0.25, 0.3) is 5.88 Å². The van der Waals surface area contributed by atoms with Gasteiger partial charge in [0.05, 0.1) is 17.6 Å². The Balaban J connectivity index is 0.00000176. The average molecular weight is 342 g/mol. The van der Waals surface area contributed by atoms with Crippen LogP contribution in [0.5, 0.6) is 5.88 Å². The summed E-state index contributed by atoms with van der Waals surface area (Å²) in [5.41, 5.74) is 1.61. The number of rotatable bonds is 5. The molecule has 1 saturated heterocycles. The monoisotopic (exact) mass is 341 g/mol. The van der Waals surface area contributed by atoms with Gasteiger partial charge in [0.15, 0.2) is 5.15 Å². The lowest BCUT2D eigenvalue weighted by molar-refractivity contribution is 0.268. The van der Waals surface area contributed by atoms with E-state index in [0.717, 1.165) is 36.5 Å². The summed E-state index contributed by atoms with van der Waals surface area (Å²) in [5, 5.41) is 3.78. The summed E-state index contributed by atoms with van der Waals surface area (Å²) in [6.07, 6.45) is 4.82. The molecule has 1 atom stereocenters. The number of halogens is 2. The van der Waals surface area contributed by atoms with E-state index < -0.39 is 0 Å². The van der Waals surface area contributed by atoms with E-state index >= 15 is 0 Å². The van der Waals surface area contributed by atoms with Gasteiger partial charge in [-0.2, -0.15) is 0 Å². The molecule has 120 valence electrons. The molecule has 2 heterocycles. The van der Waals surface area contributed by atoms with Gasteiger partial charge in [0.1, 0.15) is 0 Å². The summed E-state index contributed by atoms with van der Waals surface area (Å²) in [6, 6.07) is 7.67. The Morgan fingerprint density at radius 2 is 2.00 bits per heavy atom. The number of hydrogen-bond donors (Lipinski definition) is 1. The third-order valence-electron chi connectivity index (χ3n) is 3.89. The molecule has 0 spiro atoms. The first kappa shape index (κ1) is 17.3. The molecule has 0 radical (unpaired) electrons. The number of fused-ring (bicyclic) bond motifs is 1. The second-order valence-electron chi connectivity index (χ2n) is 5.51. The standard InChI is InChI=1S/C16H20ClN3O.ClH/c17-15-16(20-14-8-2-1-7-13(14)19-15)21-10-4-6-12-5-3-9-18-11-12;/h1-2,7-8,12,18H,3-6,9-11H2;1H. The molecule has 0 aliphatic carbocycles. The fraction of sp³-hybridized carbons (Fsp3) is 0.500. The topological polar surface area (TPSA) is 47.0 Å². The van der Waals surface area contributed by atoms with Gasteiger partial charge >= 0.3 is 0 Å². The van der Waals surface area contributed by atoms with E-state index in [1.807, 2.05) is 24.3 Å². The summed E-state index contributed by atoms with van der Waals surface area (Å²) < 4.78 is 5.71. The minimum absolute atomic E-state index is 0. The van der Waals surface area contributed by atoms with Crippen LogP contribution < -0.4 is 10.1 Å². The Morgan fingerprint density at radius 3 is 2.73 bits per heavy atom. The van der Waals surface area contributed by atoms with Crippen LogP contribution in [0.3, 0.4) is 0 Å². The van der Waals surface area contributed by atoms with Crippen molar-refractivity contribution in [3.63, 3.8) is 0 Å². The van der Waals surface area contributed by atoms with Crippen LogP contribution in [-0.2, 0) is 0 Å². The number of aromatic nitrogens is 2. The molecule has 1 aromatic carbocycles. The number of nitrogens with zero attached hydrogens (tertiary/aromatic N) is 2. The molecule has 0 saturated carbocycles. The van der Waals surface area contributed by atoms with Crippen molar-refractivity contribution in [1.29, 1.82) is 0 Å². The first-order valence-corrected chi connectivity index (χ1v) is 7.96. The molecule has 1 unspecified atom stereocenters. The van der Waals surface area contributed by atoms with Crippen molar-refractivity contribution in [2.75, 3.05) is 19.7 Å². The van der Waals surface area contributed by atoms with E-state index in [2.05, 4.69) is 15.3 Å². The van der Waals surface area contributed by atoms with Crippen LogP contribution in [-0.4, -0.2) is 29.7 Å². The van der Waals surface area contributed by atoms with Gasteiger partial charge in [-0.3, -0.25) is 0 Å². The summed E-state index contributed by atoms with van der Waals surface area (Å²) in [4.78, 5) is 8.74. The first-order chi connectivity index (χ1) is 10.3. The van der Waals surface area contributed by atoms with Gasteiger partial charge < -0.3 is 10.1 Å². The van der Waals surface area contributed by atoms with Crippen LogP contribution in [0.2, 0.25) is 5.15 Å². The predicted octanol–water partition coefficient (Wildman–Crippen LogP) is 3.86. The van der Waals surface area contributed by atoms with E-state index in [0.29, 0.717) is 17.6 Å². The molecule has 2 aromatic rings. The Bertz CT molecular complexity index is 603. The molecular formula is C16H21Cl2N3O. The minimum Gasteiger partial charge on any atom is -0.475 e. The molecule has 0 amide bonds. The van der Waals surface area contributed by atoms with E-state index in [-0.39, 0.29) is 12.4 Å². The lowest BCUT2D eigenvalue weighted by Gasteiger charge is -2.22. The van der Waals surface area contributed by atoms with Crippen molar-refractivity contribution < 1.29 is 4.74 Å². The van der Waals surface area contributed by atoms with Crippen LogP contribution in [0.4, 0.5) is 0 Å². The fourth-order valence-corrected chi connectivity index (χ4v) is 2.95. The highest BCUT2D eigenvalue weighted by Crippen LogP contribution is 2.23. The number of ether oxygens (including phenoxy) is 1. The van der Waals surface area contributed by atoms with Gasteiger partial charge in [-0.25, -0.2) is 9.97 Å². The first-order valence-electron chi connectivity index (χ1n) is 7.59. The highest BCUT2D eigenvalue weighted by Gasteiger charge is 2.13. The molecule has 6 heteroatoms. The molecule has 0 bridgehead atoms. The van der Waals surface area contributed by atoms with Crippen molar-refractivity contribution in [3.8, 4) is 5.88 Å². The second kappa shape index (κ2) is 8.51. The Morgan fingerprint density at radius 1 is 1.23 bits per heavy atom. The highest BCUT2D eigenvalue weighted by atomic mass is 35.5. The largest absolute Gasteiger partial charge is 0.475 e. The van der Waals surface area contributed by atoms with E-state index in [1.54, 1.807) is 0 Å². The normalized spacial score (nSPS) is 18.0. The van der Waals surface area contributed by atoms with Crippen molar-refractivity contribution in [3.05, 3.63) is 29.4 Å². The van der Waals surface area contributed by atoms with Crippen LogP contribution in [0, 0.1) is 5.92 Å². The molecule has 4 nitrogen and oxygen atoms in total. The number of nitrogens with one attached hydrogen (secondary N) is 1. The zero-order chi connectivity index (χ0) is 14.5. The van der Waals surface area contributed by atoms with Crippen LogP contribution in [0.25, 0.3) is 11.0 Å². The third-order valence-corrected chi connectivity index (χ3v) is 4.14. The zero-order valence-corrected chi connectivity index (χ0v) is 14.0. The number of hydrogen-bond acceptors (Lipinski definition) is 4. The smallest absolute Gasteiger partial charge is 0.252 e. The van der Waals surface area contributed by atoms with Crippen molar-refractivity contribution in [1.82, 2.24) is 15.3 Å². The maximum atomic E-state index is 6.12. The lowest BCUT2D eigenvalue weighted by atomic mass is 9.95. The summed E-state index contributed by atoms with van der Waals surface area (Å²) in [5.74, 6) is 1.22. The maximum absolute atomic E-state index is 6.12. The SMILES string of the molecule is Cl.Clc1nc2ccccc2nc1OCCCC1CCCNC1. The molecule has 1 aliphatic rings. The third kappa shape index (κ3) is 4.45. The molecule has 1 N–H and O–H groups in total. The van der Waals surface area contributed by atoms with Crippen molar-refractivity contribution >= 4 is 35.0 Å². The highest BCUT2D eigenvalue weighted by molar-refractivity contribution is 6.31. The van der Waals surface area contributed by atoms with Crippen molar-refractivity contribution in [2.45, 2.75) is 25.7 Å². The van der Waals surface area contributed by atoms with Gasteiger partial charge in [0, 0.05) is 0 Å². The maximum Gasteiger partial charge on any atom is 0.252 e. The van der Waals surface area contributed by atoms with E-state index in [4.69, 9.17) is 16.3 Å². The molecule has 3 rings (SSSR count). The van der Waals surface area contributed by atoms with Crippen LogP contribution >= 0.6 is 24.0 Å². The Labute approximate surface area is 142 Å². The van der Waals surface area contributed by atoms with E-state index in [9.17, 15) is 0 Å². The fourth-order valence-electron chi connectivity index (χ4n) is 2.77. The number of piperidine rings is 1. The molecule has 1 fully saturated rings. The average Bonchev–Trinajstić information content (AvgIpc) is 2.53. The lowest BCUT2D eigenvalue weighted by Crippen LogP contribution is -2.29. The summed E-state index contributed by atoms with van der Waals surface area (Å²) >= 11 is 6.12. The van der Waals surface area contributed by atoms with Crippen LogP contribution in [0.15, 0.2) is 24.3 Å². The number of para-hydroxylation sites is 2. The molecule has 22 heavy (non-hydrogen) atoms. The Hall–Kier alpha value is -1.10. The van der Waals surface area contributed by atoms with E-state index in [1.165, 1.54) is 19.3 Å². The van der Waals surface area contributed by atoms with Gasteiger partial charge in [0.2, 0.25) is 0 Å². The second-order valence-corrected chi connectivity index (χ2v) is 5.87. The van der Waals surface area contributed by atoms with Gasteiger partial charge in [-0.05, 0) is 56.8 Å². The zero-order valence-electron chi connectivity index (χ0n) is 12.4. The summed E-state index contributed by atoms with van der Waals surface area (Å²) in [6.45, 7) is 2.94. The molecule has 1 aromatic heterocycles. The molecular weight excluding hydrogens is 321 g/mol. The minimum atomic E-state index is 0. The predicted molar refractivity (Wildman–Crippen MR) is 92.1 cm³/mol. The summed E-state index contributed by atoms with van der Waals surface area (Å²) in [7, 11) is 0. The van der Waals surface area contributed by atoms with Gasteiger partial charge in [-0.15, -0.1) is 12.4 Å². The van der Waals surface area contributed by atoms with Gasteiger partial charge in [-0.1, -0.05) is 23.7 Å².